The molecular weight excluding hydrogens is 146 g/mol. The summed E-state index contributed by atoms with van der Waals surface area (Å²) < 4.78 is 0. The molecule has 1 aromatic rings. The quantitative estimate of drug-likeness (QED) is 0.655. The fourth-order valence-electron chi connectivity index (χ4n) is 1.04. The number of hydrogen-bond acceptors (Lipinski definition) is 0. The van der Waals surface area contributed by atoms with E-state index in [0.717, 1.165) is 5.57 Å². The molecule has 12 heavy (non-hydrogen) atoms. The van der Waals surface area contributed by atoms with E-state index in [-0.39, 0.29) is 0 Å². The van der Waals surface area contributed by atoms with Gasteiger partial charge in [-0.15, -0.1) is 0 Å². The summed E-state index contributed by atoms with van der Waals surface area (Å²) in [4.78, 5) is 3.18. The SMILES string of the molecule is C=C(C)/C=C\C(C)c1ccc[nH]1. The fourth-order valence-corrected chi connectivity index (χ4v) is 1.04. The number of nitrogens with one attached hydrogen (secondary N) is 1. The Morgan fingerprint density at radius 1 is 1.67 bits per heavy atom. The van der Waals surface area contributed by atoms with Gasteiger partial charge in [0.2, 0.25) is 0 Å². The highest BCUT2D eigenvalue weighted by atomic mass is 14.7. The summed E-state index contributed by atoms with van der Waals surface area (Å²) in [5, 5.41) is 0. The third-order valence-electron chi connectivity index (χ3n) is 1.78. The van der Waals surface area contributed by atoms with Gasteiger partial charge in [0.15, 0.2) is 0 Å². The van der Waals surface area contributed by atoms with Gasteiger partial charge in [-0.2, -0.15) is 0 Å². The van der Waals surface area contributed by atoms with Gasteiger partial charge in [0.1, 0.15) is 0 Å². The monoisotopic (exact) mass is 161 g/mol. The van der Waals surface area contributed by atoms with Crippen molar-refractivity contribution in [2.75, 3.05) is 0 Å². The molecule has 0 aliphatic rings. The lowest BCUT2D eigenvalue weighted by atomic mass is 10.1. The molecule has 0 amide bonds. The maximum absolute atomic E-state index is 3.81. The Kier molecular flexibility index (Phi) is 2.92. The van der Waals surface area contributed by atoms with E-state index in [2.05, 4.69) is 30.6 Å². The van der Waals surface area contributed by atoms with Crippen LogP contribution in [-0.4, -0.2) is 4.98 Å². The van der Waals surface area contributed by atoms with E-state index < -0.39 is 0 Å². The number of rotatable bonds is 3. The second kappa shape index (κ2) is 3.96. The van der Waals surface area contributed by atoms with Crippen LogP contribution in [0.1, 0.15) is 25.5 Å². The molecule has 1 rings (SSSR count). The summed E-state index contributed by atoms with van der Waals surface area (Å²) in [5.74, 6) is 0.441. The topological polar surface area (TPSA) is 15.8 Å². The van der Waals surface area contributed by atoms with Crippen molar-refractivity contribution in [1.29, 1.82) is 0 Å². The van der Waals surface area contributed by atoms with E-state index in [1.54, 1.807) is 0 Å². The van der Waals surface area contributed by atoms with Gasteiger partial charge in [0.05, 0.1) is 0 Å². The largest absolute Gasteiger partial charge is 0.365 e. The predicted molar refractivity (Wildman–Crippen MR) is 53.2 cm³/mol. The van der Waals surface area contributed by atoms with Crippen molar-refractivity contribution in [2.24, 2.45) is 0 Å². The lowest BCUT2D eigenvalue weighted by Crippen LogP contribution is -1.87. The van der Waals surface area contributed by atoms with Crippen molar-refractivity contribution >= 4 is 0 Å². The normalized spacial score (nSPS) is 13.5. The van der Waals surface area contributed by atoms with Gasteiger partial charge >= 0.3 is 0 Å². The Morgan fingerprint density at radius 3 is 2.92 bits per heavy atom. The highest BCUT2D eigenvalue weighted by Gasteiger charge is 1.99. The van der Waals surface area contributed by atoms with Gasteiger partial charge in [-0.1, -0.05) is 31.2 Å². The van der Waals surface area contributed by atoms with Crippen LogP contribution in [0.3, 0.4) is 0 Å². The molecule has 1 nitrogen and oxygen atoms in total. The number of H-pyrrole nitrogens is 1. The number of aromatic amines is 1. The first-order valence-electron chi connectivity index (χ1n) is 4.17. The lowest BCUT2D eigenvalue weighted by molar-refractivity contribution is 0.920. The van der Waals surface area contributed by atoms with Gasteiger partial charge in [-0.05, 0) is 19.1 Å². The molecule has 64 valence electrons. The van der Waals surface area contributed by atoms with Crippen molar-refractivity contribution in [3.8, 4) is 0 Å². The maximum atomic E-state index is 3.81. The van der Waals surface area contributed by atoms with E-state index in [0.29, 0.717) is 5.92 Å². The standard InChI is InChI=1S/C11H15N/c1-9(2)6-7-10(3)11-5-4-8-12-11/h4-8,10,12H,1H2,2-3H3/b7-6-. The summed E-state index contributed by atoms with van der Waals surface area (Å²) in [7, 11) is 0. The molecular formula is C11H15N. The van der Waals surface area contributed by atoms with E-state index in [1.807, 2.05) is 25.3 Å². The zero-order chi connectivity index (χ0) is 8.97. The van der Waals surface area contributed by atoms with Crippen molar-refractivity contribution in [3.63, 3.8) is 0 Å². The van der Waals surface area contributed by atoms with Crippen LogP contribution in [0.2, 0.25) is 0 Å². The summed E-state index contributed by atoms with van der Waals surface area (Å²) in [6, 6.07) is 4.11. The van der Waals surface area contributed by atoms with E-state index in [9.17, 15) is 0 Å². The van der Waals surface area contributed by atoms with Crippen molar-refractivity contribution in [1.82, 2.24) is 4.98 Å². The molecule has 1 N–H and O–H groups in total. The van der Waals surface area contributed by atoms with Crippen LogP contribution in [0, 0.1) is 0 Å². The summed E-state index contributed by atoms with van der Waals surface area (Å²) >= 11 is 0. The fraction of sp³-hybridized carbons (Fsp3) is 0.273. The highest BCUT2D eigenvalue weighted by Crippen LogP contribution is 2.14. The molecule has 0 radical (unpaired) electrons. The predicted octanol–water partition coefficient (Wildman–Crippen LogP) is 3.25. The third-order valence-corrected chi connectivity index (χ3v) is 1.78. The zero-order valence-electron chi connectivity index (χ0n) is 7.67. The molecule has 0 aliphatic carbocycles. The Labute approximate surface area is 73.8 Å². The number of allylic oxidation sites excluding steroid dienone is 3. The van der Waals surface area contributed by atoms with Crippen LogP contribution < -0.4 is 0 Å². The minimum Gasteiger partial charge on any atom is -0.365 e. The molecule has 0 saturated carbocycles. The first-order valence-corrected chi connectivity index (χ1v) is 4.17. The minimum absolute atomic E-state index is 0.441. The van der Waals surface area contributed by atoms with E-state index in [1.165, 1.54) is 5.69 Å². The average Bonchev–Trinajstić information content (AvgIpc) is 2.51. The maximum Gasteiger partial charge on any atom is 0.0214 e. The molecule has 0 saturated heterocycles. The lowest BCUT2D eigenvalue weighted by Gasteiger charge is -2.01. The van der Waals surface area contributed by atoms with Crippen molar-refractivity contribution in [2.45, 2.75) is 19.8 Å². The first kappa shape index (κ1) is 8.85. The van der Waals surface area contributed by atoms with Gasteiger partial charge < -0.3 is 4.98 Å². The number of hydrogen-bond donors (Lipinski definition) is 1. The average molecular weight is 161 g/mol. The smallest absolute Gasteiger partial charge is 0.0214 e. The van der Waals surface area contributed by atoms with Crippen LogP contribution in [0.15, 0.2) is 42.6 Å². The Hall–Kier alpha value is -1.24. The minimum atomic E-state index is 0.441. The third kappa shape index (κ3) is 2.42. The Balaban J connectivity index is 2.61. The summed E-state index contributed by atoms with van der Waals surface area (Å²) in [6.07, 6.45) is 6.14. The molecule has 0 aliphatic heterocycles. The van der Waals surface area contributed by atoms with E-state index in [4.69, 9.17) is 0 Å². The second-order valence-corrected chi connectivity index (χ2v) is 3.12. The Bertz CT molecular complexity index is 267. The first-order chi connectivity index (χ1) is 5.70. The van der Waals surface area contributed by atoms with Gasteiger partial charge in [-0.3, -0.25) is 0 Å². The molecule has 0 aromatic carbocycles. The van der Waals surface area contributed by atoms with Crippen LogP contribution in [-0.2, 0) is 0 Å². The molecule has 0 bridgehead atoms. The zero-order valence-corrected chi connectivity index (χ0v) is 7.67. The molecule has 1 unspecified atom stereocenters. The van der Waals surface area contributed by atoms with Crippen LogP contribution in [0.4, 0.5) is 0 Å². The molecule has 1 heteroatoms. The summed E-state index contributed by atoms with van der Waals surface area (Å²) in [6.45, 7) is 7.97. The van der Waals surface area contributed by atoms with E-state index >= 15 is 0 Å². The van der Waals surface area contributed by atoms with Gasteiger partial charge in [-0.25, -0.2) is 0 Å². The number of aromatic nitrogens is 1. The molecule has 1 heterocycles. The van der Waals surface area contributed by atoms with Crippen LogP contribution in [0.5, 0.6) is 0 Å². The molecule has 1 atom stereocenters. The highest BCUT2D eigenvalue weighted by molar-refractivity contribution is 5.20. The molecule has 0 fully saturated rings. The summed E-state index contributed by atoms with van der Waals surface area (Å²) in [5.41, 5.74) is 2.33. The Morgan fingerprint density at radius 2 is 2.42 bits per heavy atom. The van der Waals surface area contributed by atoms with Crippen LogP contribution in [0.25, 0.3) is 0 Å². The second-order valence-electron chi connectivity index (χ2n) is 3.12. The van der Waals surface area contributed by atoms with Gasteiger partial charge in [0.25, 0.3) is 0 Å². The van der Waals surface area contributed by atoms with Crippen LogP contribution >= 0.6 is 0 Å². The molecule has 1 aromatic heterocycles. The van der Waals surface area contributed by atoms with Crippen molar-refractivity contribution in [3.05, 3.63) is 48.3 Å². The van der Waals surface area contributed by atoms with Crippen molar-refractivity contribution < 1.29 is 0 Å². The molecule has 0 spiro atoms. The van der Waals surface area contributed by atoms with Gasteiger partial charge in [0, 0.05) is 17.8 Å².